The van der Waals surface area contributed by atoms with Crippen molar-refractivity contribution in [2.75, 3.05) is 0 Å². The molecule has 0 bridgehead atoms. The fourth-order valence-corrected chi connectivity index (χ4v) is 1.31. The number of rotatable bonds is 1. The van der Waals surface area contributed by atoms with Crippen LogP contribution in [0.1, 0.15) is 0 Å². The summed E-state index contributed by atoms with van der Waals surface area (Å²) >= 11 is 5.61. The maximum Gasteiger partial charge on any atom is 0.272 e. The number of hydrogen-bond donors (Lipinski definition) is 1. The zero-order chi connectivity index (χ0) is 10.8. The number of aromatic amines is 1. The lowest BCUT2D eigenvalue weighted by molar-refractivity contribution is 0.622. The highest BCUT2D eigenvalue weighted by Crippen LogP contribution is 2.16. The Morgan fingerprint density at radius 2 is 2.13 bits per heavy atom. The fraction of sp³-hybridized carbons (Fsp3) is 0. The van der Waals surface area contributed by atoms with Gasteiger partial charge in [0.15, 0.2) is 0 Å². The fourth-order valence-electron chi connectivity index (χ4n) is 1.15. The van der Waals surface area contributed by atoms with Crippen molar-refractivity contribution in [2.24, 2.45) is 0 Å². The molecule has 2 aromatic heterocycles. The molecule has 0 fully saturated rings. The van der Waals surface area contributed by atoms with Gasteiger partial charge in [0, 0.05) is 11.8 Å². The van der Waals surface area contributed by atoms with Crippen LogP contribution in [0.5, 0.6) is 0 Å². The average molecular weight is 226 g/mol. The predicted molar refractivity (Wildman–Crippen MR) is 53.1 cm³/mol. The van der Waals surface area contributed by atoms with Crippen LogP contribution in [0.2, 0.25) is 5.15 Å². The van der Waals surface area contributed by atoms with Gasteiger partial charge in [-0.3, -0.25) is 9.78 Å². The van der Waals surface area contributed by atoms with Gasteiger partial charge in [0.05, 0.1) is 11.8 Å². The summed E-state index contributed by atoms with van der Waals surface area (Å²) in [6.07, 6.45) is 2.43. The van der Waals surface area contributed by atoms with Gasteiger partial charge in [-0.25, -0.2) is 9.49 Å². The minimum atomic E-state index is -0.514. The predicted octanol–water partition coefficient (Wildman–Crippen LogP) is 1.62. The minimum absolute atomic E-state index is 0.133. The second kappa shape index (κ2) is 3.78. The lowest BCUT2D eigenvalue weighted by Gasteiger charge is -1.99. The summed E-state index contributed by atoms with van der Waals surface area (Å²) in [7, 11) is 0. The molecule has 0 atom stereocenters. The number of pyridine rings is 1. The standard InChI is InChI=1S/C9H5ClFN3O/c10-8-2-7(9(15)14-13-8)5-1-6(11)4-12-3-5/h1-4H,(H,14,15). The van der Waals surface area contributed by atoms with Crippen molar-refractivity contribution >= 4 is 11.6 Å². The maximum atomic E-state index is 12.9. The van der Waals surface area contributed by atoms with Crippen LogP contribution in [0.4, 0.5) is 4.39 Å². The van der Waals surface area contributed by atoms with Crippen molar-refractivity contribution in [1.29, 1.82) is 0 Å². The smallest absolute Gasteiger partial charge is 0.267 e. The first-order chi connectivity index (χ1) is 7.16. The van der Waals surface area contributed by atoms with E-state index in [0.29, 0.717) is 5.56 Å². The van der Waals surface area contributed by atoms with Gasteiger partial charge in [-0.15, -0.1) is 0 Å². The van der Waals surface area contributed by atoms with Crippen molar-refractivity contribution in [1.82, 2.24) is 15.2 Å². The van der Waals surface area contributed by atoms with E-state index in [1.807, 2.05) is 0 Å². The van der Waals surface area contributed by atoms with Crippen LogP contribution < -0.4 is 5.56 Å². The summed E-state index contributed by atoms with van der Waals surface area (Å²) < 4.78 is 12.9. The summed E-state index contributed by atoms with van der Waals surface area (Å²) in [6, 6.07) is 2.56. The van der Waals surface area contributed by atoms with E-state index in [1.54, 1.807) is 0 Å². The average Bonchev–Trinajstić information content (AvgIpc) is 2.22. The monoisotopic (exact) mass is 225 g/mol. The first kappa shape index (κ1) is 9.79. The first-order valence-corrected chi connectivity index (χ1v) is 4.41. The molecule has 76 valence electrons. The van der Waals surface area contributed by atoms with Gasteiger partial charge in [-0.1, -0.05) is 11.6 Å². The normalized spacial score (nSPS) is 10.3. The molecule has 2 rings (SSSR count). The number of halogens is 2. The van der Waals surface area contributed by atoms with Crippen LogP contribution >= 0.6 is 11.6 Å². The molecule has 2 aromatic rings. The number of H-pyrrole nitrogens is 1. The van der Waals surface area contributed by atoms with Crippen LogP contribution in [0, 0.1) is 5.82 Å². The molecule has 0 aromatic carbocycles. The maximum absolute atomic E-state index is 12.9. The van der Waals surface area contributed by atoms with E-state index in [2.05, 4.69) is 15.2 Å². The largest absolute Gasteiger partial charge is 0.272 e. The van der Waals surface area contributed by atoms with Gasteiger partial charge in [0.1, 0.15) is 11.0 Å². The van der Waals surface area contributed by atoms with E-state index in [0.717, 1.165) is 6.20 Å². The molecule has 6 heteroatoms. The van der Waals surface area contributed by atoms with Gasteiger partial charge in [-0.2, -0.15) is 5.10 Å². The molecule has 4 nitrogen and oxygen atoms in total. The molecular formula is C9H5ClFN3O. The minimum Gasteiger partial charge on any atom is -0.267 e. The lowest BCUT2D eigenvalue weighted by atomic mass is 10.1. The Hall–Kier alpha value is -1.75. The van der Waals surface area contributed by atoms with E-state index in [9.17, 15) is 9.18 Å². The molecular weight excluding hydrogens is 221 g/mol. The number of nitrogens with one attached hydrogen (secondary N) is 1. The second-order valence-electron chi connectivity index (χ2n) is 2.83. The third-order valence-corrected chi connectivity index (χ3v) is 1.98. The molecule has 0 saturated carbocycles. The molecule has 0 aliphatic carbocycles. The molecule has 0 saturated heterocycles. The van der Waals surface area contributed by atoms with Gasteiger partial charge in [-0.05, 0) is 12.1 Å². The molecule has 0 aliphatic heterocycles. The quantitative estimate of drug-likeness (QED) is 0.802. The Morgan fingerprint density at radius 3 is 2.87 bits per heavy atom. The number of nitrogens with zero attached hydrogens (tertiary/aromatic N) is 2. The van der Waals surface area contributed by atoms with E-state index < -0.39 is 11.4 Å². The van der Waals surface area contributed by atoms with Gasteiger partial charge in [0.25, 0.3) is 5.56 Å². The summed E-state index contributed by atoms with van der Waals surface area (Å²) in [6.45, 7) is 0. The highest BCUT2D eigenvalue weighted by molar-refractivity contribution is 6.29. The lowest BCUT2D eigenvalue weighted by Crippen LogP contribution is -2.10. The van der Waals surface area contributed by atoms with Crippen molar-refractivity contribution < 1.29 is 4.39 Å². The van der Waals surface area contributed by atoms with E-state index in [1.165, 1.54) is 18.3 Å². The molecule has 0 amide bonds. The van der Waals surface area contributed by atoms with Crippen LogP contribution in [0.25, 0.3) is 11.1 Å². The van der Waals surface area contributed by atoms with Crippen LogP contribution in [0.15, 0.2) is 29.3 Å². The summed E-state index contributed by atoms with van der Waals surface area (Å²) in [5.41, 5.74) is 0.161. The summed E-state index contributed by atoms with van der Waals surface area (Å²) in [5, 5.41) is 5.83. The van der Waals surface area contributed by atoms with Gasteiger partial charge >= 0.3 is 0 Å². The van der Waals surface area contributed by atoms with Crippen LogP contribution in [0.3, 0.4) is 0 Å². The molecule has 2 heterocycles. The summed E-state index contributed by atoms with van der Waals surface area (Å²) in [4.78, 5) is 15.0. The van der Waals surface area contributed by atoms with Gasteiger partial charge < -0.3 is 0 Å². The molecule has 0 radical (unpaired) electrons. The highest BCUT2D eigenvalue weighted by Gasteiger charge is 2.06. The molecule has 0 spiro atoms. The van der Waals surface area contributed by atoms with Crippen molar-refractivity contribution in [3.05, 3.63) is 45.9 Å². The summed E-state index contributed by atoms with van der Waals surface area (Å²) in [5.74, 6) is -0.514. The zero-order valence-electron chi connectivity index (χ0n) is 7.37. The molecule has 0 aliphatic rings. The number of aromatic nitrogens is 3. The molecule has 1 N–H and O–H groups in total. The highest BCUT2D eigenvalue weighted by atomic mass is 35.5. The number of hydrogen-bond acceptors (Lipinski definition) is 3. The molecule has 15 heavy (non-hydrogen) atoms. The Kier molecular flexibility index (Phi) is 2.47. The third-order valence-electron chi connectivity index (χ3n) is 1.79. The third kappa shape index (κ3) is 2.02. The van der Waals surface area contributed by atoms with E-state index >= 15 is 0 Å². The van der Waals surface area contributed by atoms with Crippen molar-refractivity contribution in [3.63, 3.8) is 0 Å². The SMILES string of the molecule is O=c1[nH]nc(Cl)cc1-c1cncc(F)c1. The van der Waals surface area contributed by atoms with Crippen LogP contribution in [-0.2, 0) is 0 Å². The Bertz CT molecular complexity index is 555. The Balaban J connectivity index is 2.63. The zero-order valence-corrected chi connectivity index (χ0v) is 8.12. The van der Waals surface area contributed by atoms with Crippen LogP contribution in [-0.4, -0.2) is 15.2 Å². The first-order valence-electron chi connectivity index (χ1n) is 4.03. The Labute approximate surface area is 88.7 Å². The van der Waals surface area contributed by atoms with E-state index in [-0.39, 0.29) is 10.7 Å². The second-order valence-corrected chi connectivity index (χ2v) is 3.21. The Morgan fingerprint density at radius 1 is 1.33 bits per heavy atom. The van der Waals surface area contributed by atoms with Crippen molar-refractivity contribution in [2.45, 2.75) is 0 Å². The topological polar surface area (TPSA) is 58.6 Å². The van der Waals surface area contributed by atoms with E-state index in [4.69, 9.17) is 11.6 Å². The van der Waals surface area contributed by atoms with Crippen molar-refractivity contribution in [3.8, 4) is 11.1 Å². The molecule has 0 unspecified atom stereocenters. The van der Waals surface area contributed by atoms with Gasteiger partial charge in [0.2, 0.25) is 0 Å².